The number of pyridine rings is 1. The molecule has 0 bridgehead atoms. The predicted octanol–water partition coefficient (Wildman–Crippen LogP) is 1.65. The highest BCUT2D eigenvalue weighted by atomic mass is 35.5. The van der Waals surface area contributed by atoms with Gasteiger partial charge in [0, 0.05) is 25.6 Å². The van der Waals surface area contributed by atoms with Crippen molar-refractivity contribution < 1.29 is 14.7 Å². The normalized spacial score (nSPS) is 10.1. The van der Waals surface area contributed by atoms with Gasteiger partial charge < -0.3 is 10.4 Å². The van der Waals surface area contributed by atoms with Gasteiger partial charge in [0.2, 0.25) is 5.91 Å². The summed E-state index contributed by atoms with van der Waals surface area (Å²) in [6, 6.07) is 3.55. The van der Waals surface area contributed by atoms with Crippen LogP contribution >= 0.6 is 11.6 Å². The van der Waals surface area contributed by atoms with E-state index in [2.05, 4.69) is 10.3 Å². The van der Waals surface area contributed by atoms with Gasteiger partial charge >= 0.3 is 5.97 Å². The lowest BCUT2D eigenvalue weighted by Crippen LogP contribution is -2.25. The molecule has 0 unspecified atom stereocenters. The summed E-state index contributed by atoms with van der Waals surface area (Å²) in [4.78, 5) is 25.5. The number of carboxylic acids is 1. The summed E-state index contributed by atoms with van der Waals surface area (Å²) in [6.45, 7) is 0.509. The van der Waals surface area contributed by atoms with Crippen molar-refractivity contribution in [3.63, 3.8) is 0 Å². The fourth-order valence-electron chi connectivity index (χ4n) is 1.39. The van der Waals surface area contributed by atoms with E-state index in [9.17, 15) is 9.59 Å². The van der Waals surface area contributed by atoms with Crippen LogP contribution < -0.4 is 5.32 Å². The quantitative estimate of drug-likeness (QED) is 0.739. The topological polar surface area (TPSA) is 79.3 Å². The number of nitrogens with one attached hydrogen (secondary N) is 1. The molecule has 0 spiro atoms. The molecule has 0 atom stereocenters. The molecule has 0 saturated carbocycles. The summed E-state index contributed by atoms with van der Waals surface area (Å²) in [6.07, 6.45) is 2.97. The van der Waals surface area contributed by atoms with Crippen molar-refractivity contribution in [1.82, 2.24) is 10.3 Å². The van der Waals surface area contributed by atoms with E-state index in [1.807, 2.05) is 6.07 Å². The van der Waals surface area contributed by atoms with Crippen molar-refractivity contribution in [2.24, 2.45) is 0 Å². The van der Waals surface area contributed by atoms with E-state index in [1.54, 1.807) is 12.3 Å². The molecule has 1 aromatic rings. The van der Waals surface area contributed by atoms with Crippen LogP contribution in [0.3, 0.4) is 0 Å². The van der Waals surface area contributed by atoms with Crippen molar-refractivity contribution >= 4 is 23.5 Å². The third-order valence-electron chi connectivity index (χ3n) is 2.32. The number of hydrogen-bond donors (Lipinski definition) is 2. The van der Waals surface area contributed by atoms with E-state index >= 15 is 0 Å². The average molecular weight is 271 g/mol. The number of carboxylic acid groups (broad SMARTS) is 1. The van der Waals surface area contributed by atoms with Gasteiger partial charge in [0.15, 0.2) is 0 Å². The first-order valence-electron chi connectivity index (χ1n) is 5.67. The Kier molecular flexibility index (Phi) is 6.14. The number of amides is 1. The molecule has 0 aromatic carbocycles. The third kappa shape index (κ3) is 6.20. The zero-order valence-electron chi connectivity index (χ0n) is 9.86. The number of hydrogen-bond acceptors (Lipinski definition) is 3. The molecule has 18 heavy (non-hydrogen) atoms. The second-order valence-electron chi connectivity index (χ2n) is 3.84. The highest BCUT2D eigenvalue weighted by molar-refractivity contribution is 6.29. The molecule has 1 rings (SSSR count). The van der Waals surface area contributed by atoms with E-state index in [0.717, 1.165) is 5.56 Å². The molecule has 1 heterocycles. The Balaban J connectivity index is 2.15. The number of nitrogens with zero attached hydrogens (tertiary/aromatic N) is 1. The molecular formula is C12H15ClN2O3. The van der Waals surface area contributed by atoms with Gasteiger partial charge in [-0.15, -0.1) is 0 Å². The van der Waals surface area contributed by atoms with E-state index in [1.165, 1.54) is 0 Å². The third-order valence-corrected chi connectivity index (χ3v) is 2.54. The molecule has 0 aliphatic rings. The molecule has 0 fully saturated rings. The Hall–Kier alpha value is -1.62. The molecule has 5 nitrogen and oxygen atoms in total. The van der Waals surface area contributed by atoms with Gasteiger partial charge in [0.25, 0.3) is 0 Å². The summed E-state index contributed by atoms with van der Waals surface area (Å²) in [5, 5.41) is 11.6. The summed E-state index contributed by atoms with van der Waals surface area (Å²) in [5.74, 6) is -1.01. The van der Waals surface area contributed by atoms with Crippen LogP contribution in [0, 0.1) is 0 Å². The van der Waals surface area contributed by atoms with Crippen LogP contribution in [0.4, 0.5) is 0 Å². The first-order valence-corrected chi connectivity index (χ1v) is 6.04. The lowest BCUT2D eigenvalue weighted by molar-refractivity contribution is -0.137. The van der Waals surface area contributed by atoms with Crippen LogP contribution in [0.1, 0.15) is 24.8 Å². The zero-order chi connectivity index (χ0) is 13.4. The summed E-state index contributed by atoms with van der Waals surface area (Å²) < 4.78 is 0. The van der Waals surface area contributed by atoms with Crippen molar-refractivity contribution in [2.75, 3.05) is 6.54 Å². The van der Waals surface area contributed by atoms with Crippen molar-refractivity contribution in [3.05, 3.63) is 29.0 Å². The van der Waals surface area contributed by atoms with Gasteiger partial charge in [0.05, 0.1) is 0 Å². The maximum Gasteiger partial charge on any atom is 0.303 e. The van der Waals surface area contributed by atoms with Gasteiger partial charge in [-0.1, -0.05) is 17.7 Å². The highest BCUT2D eigenvalue weighted by Gasteiger charge is 2.03. The smallest absolute Gasteiger partial charge is 0.303 e. The first kappa shape index (κ1) is 14.4. The minimum absolute atomic E-state index is 0.0223. The second kappa shape index (κ2) is 7.66. The molecule has 1 amide bonds. The maximum absolute atomic E-state index is 11.3. The predicted molar refractivity (Wildman–Crippen MR) is 67.4 cm³/mol. The number of aromatic nitrogens is 1. The van der Waals surface area contributed by atoms with Crippen molar-refractivity contribution in [2.45, 2.75) is 25.7 Å². The lowest BCUT2D eigenvalue weighted by Gasteiger charge is -2.04. The Bertz CT molecular complexity index is 406. The molecule has 0 radical (unpaired) electrons. The van der Waals surface area contributed by atoms with Crippen LogP contribution in [0.2, 0.25) is 5.15 Å². The van der Waals surface area contributed by atoms with Crippen molar-refractivity contribution in [3.8, 4) is 0 Å². The van der Waals surface area contributed by atoms with Gasteiger partial charge in [-0.25, -0.2) is 4.98 Å². The zero-order valence-corrected chi connectivity index (χ0v) is 10.6. The standard InChI is InChI=1S/C12H15ClN2O3/c13-10-5-4-9(8-15-10)6-7-14-11(16)2-1-3-12(17)18/h4-5,8H,1-3,6-7H2,(H,14,16)(H,17,18). The summed E-state index contributed by atoms with van der Waals surface area (Å²) in [7, 11) is 0. The number of aliphatic carboxylic acids is 1. The average Bonchev–Trinajstić information content (AvgIpc) is 2.31. The van der Waals surface area contributed by atoms with E-state index < -0.39 is 5.97 Å². The molecule has 2 N–H and O–H groups in total. The van der Waals surface area contributed by atoms with Crippen LogP contribution in [0.25, 0.3) is 0 Å². The maximum atomic E-state index is 11.3. The van der Waals surface area contributed by atoms with Gasteiger partial charge in [-0.05, 0) is 24.5 Å². The monoisotopic (exact) mass is 270 g/mol. The molecule has 0 aliphatic carbocycles. The first-order chi connectivity index (χ1) is 8.58. The molecular weight excluding hydrogens is 256 g/mol. The van der Waals surface area contributed by atoms with Gasteiger partial charge in [0.1, 0.15) is 5.15 Å². The van der Waals surface area contributed by atoms with Crippen LogP contribution in [-0.2, 0) is 16.0 Å². The highest BCUT2D eigenvalue weighted by Crippen LogP contribution is 2.05. The van der Waals surface area contributed by atoms with Crippen LogP contribution in [0.15, 0.2) is 18.3 Å². The minimum Gasteiger partial charge on any atom is -0.481 e. The van der Waals surface area contributed by atoms with Crippen LogP contribution in [-0.4, -0.2) is 28.5 Å². The van der Waals surface area contributed by atoms with Gasteiger partial charge in [-0.2, -0.15) is 0 Å². The van der Waals surface area contributed by atoms with E-state index in [-0.39, 0.29) is 18.7 Å². The largest absolute Gasteiger partial charge is 0.481 e. The number of carbonyl (C=O) groups is 2. The Morgan fingerprint density at radius 1 is 1.33 bits per heavy atom. The Labute approximate surface area is 110 Å². The summed E-state index contributed by atoms with van der Waals surface area (Å²) >= 11 is 5.65. The minimum atomic E-state index is -0.880. The number of halogens is 1. The molecule has 1 aromatic heterocycles. The Morgan fingerprint density at radius 2 is 2.11 bits per heavy atom. The number of carbonyl (C=O) groups excluding carboxylic acids is 1. The lowest BCUT2D eigenvalue weighted by atomic mass is 10.2. The van der Waals surface area contributed by atoms with Crippen LogP contribution in [0.5, 0.6) is 0 Å². The molecule has 0 aliphatic heterocycles. The van der Waals surface area contributed by atoms with Gasteiger partial charge in [-0.3, -0.25) is 9.59 Å². The molecule has 98 valence electrons. The second-order valence-corrected chi connectivity index (χ2v) is 4.22. The van der Waals surface area contributed by atoms with E-state index in [4.69, 9.17) is 16.7 Å². The fourth-order valence-corrected chi connectivity index (χ4v) is 1.50. The van der Waals surface area contributed by atoms with Crippen molar-refractivity contribution in [1.29, 1.82) is 0 Å². The number of rotatable bonds is 7. The van der Waals surface area contributed by atoms with E-state index in [0.29, 0.717) is 24.5 Å². The summed E-state index contributed by atoms with van der Waals surface area (Å²) in [5.41, 5.74) is 0.991. The fraction of sp³-hybridized carbons (Fsp3) is 0.417. The molecule has 6 heteroatoms. The molecule has 0 saturated heterocycles. The Morgan fingerprint density at radius 3 is 2.72 bits per heavy atom. The SMILES string of the molecule is O=C(O)CCCC(=O)NCCc1ccc(Cl)nc1.